The highest BCUT2D eigenvalue weighted by Crippen LogP contribution is 2.25. The maximum absolute atomic E-state index is 4.48. The van der Waals surface area contributed by atoms with Crippen molar-refractivity contribution in [3.63, 3.8) is 0 Å². The van der Waals surface area contributed by atoms with Gasteiger partial charge in [0.25, 0.3) is 0 Å². The van der Waals surface area contributed by atoms with E-state index >= 15 is 0 Å². The van der Waals surface area contributed by atoms with Crippen LogP contribution in [0.4, 0.5) is 5.95 Å². The Morgan fingerprint density at radius 3 is 2.62 bits per heavy atom. The number of nitrogens with one attached hydrogen (secondary N) is 2. The van der Waals surface area contributed by atoms with E-state index in [2.05, 4.69) is 61.9 Å². The minimum Gasteiger partial charge on any atom is -0.358 e. The lowest BCUT2D eigenvalue weighted by atomic mass is 10.1. The molecule has 0 atom stereocenters. The van der Waals surface area contributed by atoms with Crippen LogP contribution in [0, 0.1) is 6.92 Å². The fourth-order valence-corrected chi connectivity index (χ4v) is 2.61. The Hall–Kier alpha value is -2.82. The van der Waals surface area contributed by atoms with Crippen molar-refractivity contribution in [2.24, 2.45) is 0 Å². The first-order valence-electron chi connectivity index (χ1n) is 6.86. The molecule has 4 aromatic rings. The molecule has 0 aliphatic heterocycles. The third-order valence-corrected chi connectivity index (χ3v) is 3.72. The predicted octanol–water partition coefficient (Wildman–Crippen LogP) is 3.23. The molecule has 0 radical (unpaired) electrons. The minimum absolute atomic E-state index is 0.812. The highest BCUT2D eigenvalue weighted by Gasteiger charge is 2.10. The Morgan fingerprint density at radius 1 is 1.10 bits per heavy atom. The second-order valence-electron chi connectivity index (χ2n) is 5.13. The zero-order valence-corrected chi connectivity index (χ0v) is 11.9. The number of hydrogen-bond donors (Lipinski definition) is 2. The summed E-state index contributed by atoms with van der Waals surface area (Å²) in [5.74, 6) is 0.812. The molecule has 0 bridgehead atoms. The highest BCUT2D eigenvalue weighted by molar-refractivity contribution is 5.83. The number of aryl methyl sites for hydroxylation is 1. The molecule has 21 heavy (non-hydrogen) atoms. The van der Waals surface area contributed by atoms with Gasteiger partial charge in [0.15, 0.2) is 5.65 Å². The summed E-state index contributed by atoms with van der Waals surface area (Å²) in [4.78, 5) is 12.2. The number of rotatable bonds is 2. The number of benzene rings is 1. The Bertz CT molecular complexity index is 931. The van der Waals surface area contributed by atoms with Gasteiger partial charge in [-0.15, -0.1) is 0 Å². The number of hydrogen-bond acceptors (Lipinski definition) is 3. The number of imidazole rings is 1. The van der Waals surface area contributed by atoms with Crippen molar-refractivity contribution in [2.75, 3.05) is 12.4 Å². The molecule has 2 N–H and O–H groups in total. The van der Waals surface area contributed by atoms with Crippen molar-refractivity contribution in [3.8, 4) is 11.3 Å². The monoisotopic (exact) mass is 277 g/mol. The number of fused-ring (bicyclic) bond motifs is 3. The zero-order chi connectivity index (χ0) is 14.4. The molecule has 0 aliphatic carbocycles. The van der Waals surface area contributed by atoms with Gasteiger partial charge in [-0.3, -0.25) is 4.40 Å². The van der Waals surface area contributed by atoms with Gasteiger partial charge in [-0.2, -0.15) is 0 Å². The van der Waals surface area contributed by atoms with E-state index in [-0.39, 0.29) is 0 Å². The fraction of sp³-hybridized carbons (Fsp3) is 0.125. The van der Waals surface area contributed by atoms with E-state index in [0.29, 0.717) is 0 Å². The fourth-order valence-electron chi connectivity index (χ4n) is 2.61. The summed E-state index contributed by atoms with van der Waals surface area (Å²) < 4.78 is 2.07. The SMILES string of the molecule is CNc1ncc2cnc3[nH]c(-c4ccc(C)cc4)cc3n12. The summed E-state index contributed by atoms with van der Waals surface area (Å²) >= 11 is 0. The molecule has 0 aliphatic rings. The zero-order valence-electron chi connectivity index (χ0n) is 11.9. The van der Waals surface area contributed by atoms with E-state index in [1.807, 2.05) is 19.4 Å². The molecule has 0 saturated carbocycles. The molecule has 4 rings (SSSR count). The predicted molar refractivity (Wildman–Crippen MR) is 84.6 cm³/mol. The summed E-state index contributed by atoms with van der Waals surface area (Å²) in [5.41, 5.74) is 6.31. The lowest BCUT2D eigenvalue weighted by Gasteiger charge is -2.00. The van der Waals surface area contributed by atoms with E-state index < -0.39 is 0 Å². The first-order valence-corrected chi connectivity index (χ1v) is 6.86. The van der Waals surface area contributed by atoms with Gasteiger partial charge in [-0.25, -0.2) is 9.97 Å². The molecule has 0 saturated heterocycles. The van der Waals surface area contributed by atoms with Crippen LogP contribution in [-0.2, 0) is 0 Å². The van der Waals surface area contributed by atoms with Crippen LogP contribution in [0.1, 0.15) is 5.56 Å². The van der Waals surface area contributed by atoms with E-state index in [4.69, 9.17) is 0 Å². The molecule has 3 aromatic heterocycles. The van der Waals surface area contributed by atoms with Gasteiger partial charge in [0.2, 0.25) is 5.95 Å². The smallest absolute Gasteiger partial charge is 0.207 e. The summed E-state index contributed by atoms with van der Waals surface area (Å²) in [6, 6.07) is 10.6. The van der Waals surface area contributed by atoms with Crippen LogP contribution >= 0.6 is 0 Å². The molecule has 0 amide bonds. The molecule has 104 valence electrons. The third kappa shape index (κ3) is 1.78. The summed E-state index contributed by atoms with van der Waals surface area (Å²) in [6.07, 6.45) is 3.64. The van der Waals surface area contributed by atoms with Crippen LogP contribution in [0.5, 0.6) is 0 Å². The molecule has 3 heterocycles. The largest absolute Gasteiger partial charge is 0.358 e. The number of anilines is 1. The van der Waals surface area contributed by atoms with Crippen molar-refractivity contribution < 1.29 is 0 Å². The first kappa shape index (κ1) is 12.0. The number of H-pyrrole nitrogens is 1. The van der Waals surface area contributed by atoms with E-state index in [0.717, 1.165) is 33.9 Å². The van der Waals surface area contributed by atoms with Gasteiger partial charge in [0, 0.05) is 12.7 Å². The van der Waals surface area contributed by atoms with Crippen LogP contribution in [0.2, 0.25) is 0 Å². The van der Waals surface area contributed by atoms with Gasteiger partial charge < -0.3 is 10.3 Å². The molecule has 0 unspecified atom stereocenters. The van der Waals surface area contributed by atoms with E-state index in [1.54, 1.807) is 0 Å². The van der Waals surface area contributed by atoms with Crippen LogP contribution < -0.4 is 5.32 Å². The number of nitrogens with zero attached hydrogens (tertiary/aromatic N) is 3. The maximum atomic E-state index is 4.48. The van der Waals surface area contributed by atoms with Gasteiger partial charge in [0.05, 0.1) is 23.4 Å². The average molecular weight is 277 g/mol. The van der Waals surface area contributed by atoms with E-state index in [9.17, 15) is 0 Å². The van der Waals surface area contributed by atoms with Crippen molar-refractivity contribution in [3.05, 3.63) is 48.3 Å². The molecule has 0 spiro atoms. The average Bonchev–Trinajstić information content (AvgIpc) is 3.10. The van der Waals surface area contributed by atoms with Crippen molar-refractivity contribution in [2.45, 2.75) is 6.92 Å². The van der Waals surface area contributed by atoms with Crippen LogP contribution in [0.25, 0.3) is 27.9 Å². The molecule has 0 fully saturated rings. The minimum atomic E-state index is 0.812. The van der Waals surface area contributed by atoms with Crippen molar-refractivity contribution in [1.29, 1.82) is 0 Å². The lowest BCUT2D eigenvalue weighted by molar-refractivity contribution is 1.17. The second-order valence-corrected chi connectivity index (χ2v) is 5.13. The van der Waals surface area contributed by atoms with Crippen LogP contribution in [0.3, 0.4) is 0 Å². The Kier molecular flexibility index (Phi) is 2.47. The topological polar surface area (TPSA) is 58.0 Å². The first-order chi connectivity index (χ1) is 10.3. The normalized spacial score (nSPS) is 11.3. The standard InChI is InChI=1S/C16H15N5/c1-10-3-5-11(6-4-10)13-7-14-15(20-13)18-8-12-9-19-16(17-2)21(12)14/h3-9,20H,1-2H3,(H,17,19). The highest BCUT2D eigenvalue weighted by atomic mass is 15.2. The summed E-state index contributed by atoms with van der Waals surface area (Å²) in [7, 11) is 1.87. The van der Waals surface area contributed by atoms with E-state index in [1.165, 1.54) is 5.56 Å². The Balaban J connectivity index is 1.99. The van der Waals surface area contributed by atoms with Gasteiger partial charge in [-0.05, 0) is 18.6 Å². The Labute approximate surface area is 121 Å². The maximum Gasteiger partial charge on any atom is 0.207 e. The molecule has 5 heteroatoms. The summed E-state index contributed by atoms with van der Waals surface area (Å²) in [5, 5.41) is 3.11. The van der Waals surface area contributed by atoms with Crippen molar-refractivity contribution >= 4 is 22.6 Å². The molecule has 5 nitrogen and oxygen atoms in total. The van der Waals surface area contributed by atoms with Gasteiger partial charge >= 0.3 is 0 Å². The Morgan fingerprint density at radius 2 is 1.86 bits per heavy atom. The molecular formula is C16H15N5. The quantitative estimate of drug-likeness (QED) is 0.591. The number of aromatic amines is 1. The second kappa shape index (κ2) is 4.34. The van der Waals surface area contributed by atoms with Gasteiger partial charge in [-0.1, -0.05) is 29.8 Å². The van der Waals surface area contributed by atoms with Crippen LogP contribution in [-0.4, -0.2) is 26.4 Å². The van der Waals surface area contributed by atoms with Crippen molar-refractivity contribution in [1.82, 2.24) is 19.4 Å². The lowest BCUT2D eigenvalue weighted by Crippen LogP contribution is -1.96. The third-order valence-electron chi connectivity index (χ3n) is 3.72. The summed E-state index contributed by atoms with van der Waals surface area (Å²) in [6.45, 7) is 2.09. The molecule has 1 aromatic carbocycles. The van der Waals surface area contributed by atoms with Gasteiger partial charge in [0.1, 0.15) is 0 Å². The van der Waals surface area contributed by atoms with Crippen LogP contribution in [0.15, 0.2) is 42.7 Å². The number of aromatic nitrogens is 4. The molecular weight excluding hydrogens is 262 g/mol.